The number of benzene rings is 5. The van der Waals surface area contributed by atoms with Crippen LogP contribution in [0.1, 0.15) is 57.2 Å². The lowest BCUT2D eigenvalue weighted by Crippen LogP contribution is -2.35. The van der Waals surface area contributed by atoms with E-state index in [1.54, 1.807) is 32.7 Å². The van der Waals surface area contributed by atoms with E-state index in [1.807, 2.05) is 114 Å². The Labute approximate surface area is 342 Å². The van der Waals surface area contributed by atoms with E-state index in [9.17, 15) is 9.59 Å². The summed E-state index contributed by atoms with van der Waals surface area (Å²) in [6.45, 7) is 0.651. The van der Waals surface area contributed by atoms with Gasteiger partial charge in [0.25, 0.3) is 5.91 Å². The number of methoxy groups -OCH3 is 2. The number of ether oxygens (including phenoxy) is 4. The fourth-order valence-electron chi connectivity index (χ4n) is 7.46. The Bertz CT molecular complexity index is 2450. The first kappa shape index (κ1) is 39.0. The normalized spacial score (nSPS) is 15.2. The van der Waals surface area contributed by atoms with Gasteiger partial charge in [-0.15, -0.1) is 0 Å². The van der Waals surface area contributed by atoms with Gasteiger partial charge in [0.2, 0.25) is 5.91 Å². The molecule has 12 nitrogen and oxygen atoms in total. The highest BCUT2D eigenvalue weighted by Crippen LogP contribution is 2.43. The van der Waals surface area contributed by atoms with E-state index in [2.05, 4.69) is 37.7 Å². The molecule has 0 radical (unpaired) electrons. The summed E-state index contributed by atoms with van der Waals surface area (Å²) in [5.41, 5.74) is 5.13. The van der Waals surface area contributed by atoms with Crippen LogP contribution in [0.25, 0.3) is 11.2 Å². The second kappa shape index (κ2) is 17.7. The van der Waals surface area contributed by atoms with Crippen LogP contribution >= 0.6 is 0 Å². The van der Waals surface area contributed by atoms with Crippen LogP contribution < -0.4 is 20.1 Å². The van der Waals surface area contributed by atoms with Crippen molar-refractivity contribution in [1.82, 2.24) is 24.8 Å². The minimum Gasteiger partial charge on any atom is -0.497 e. The molecule has 0 bridgehead atoms. The fraction of sp³-hybridized carbons (Fsp3) is 0.213. The highest BCUT2D eigenvalue weighted by molar-refractivity contribution is 6.06. The molecular formula is C47H44N6O6. The zero-order chi connectivity index (χ0) is 40.6. The molecule has 0 aliphatic carbocycles. The Hall–Kier alpha value is -6.89. The molecule has 1 fully saturated rings. The first-order valence-electron chi connectivity index (χ1n) is 19.5. The molecular weight excluding hydrogens is 745 g/mol. The molecule has 2 aromatic heterocycles. The molecule has 1 aliphatic heterocycles. The molecule has 0 unspecified atom stereocenters. The molecule has 0 spiro atoms. The minimum atomic E-state index is -0.970. The lowest BCUT2D eigenvalue weighted by Gasteiger charge is -2.37. The molecule has 8 rings (SSSR count). The van der Waals surface area contributed by atoms with E-state index >= 15 is 0 Å². The Kier molecular flexibility index (Phi) is 11.7. The zero-order valence-corrected chi connectivity index (χ0v) is 32.8. The third-order valence-electron chi connectivity index (χ3n) is 10.6. The summed E-state index contributed by atoms with van der Waals surface area (Å²) >= 11 is 0. The quantitative estimate of drug-likeness (QED) is 0.100. The van der Waals surface area contributed by atoms with Gasteiger partial charge in [0, 0.05) is 12.1 Å². The highest BCUT2D eigenvalue weighted by Gasteiger charge is 2.40. The average Bonchev–Trinajstić information content (AvgIpc) is 3.95. The van der Waals surface area contributed by atoms with Crippen LogP contribution in [0.5, 0.6) is 11.5 Å². The van der Waals surface area contributed by atoms with Gasteiger partial charge in [-0.05, 0) is 77.1 Å². The number of imidazole rings is 1. The number of nitrogens with one attached hydrogen (secondary N) is 2. The SMILES string of the molecule is COc1ccc(C(OC[C@@H]2CC[C@H](n3cnc4c(NC(=O)c5ccc(CNC(=O)Cc6ccccc6)cc5)ncnc43)O2)(c2ccccc2)c2ccc(OC)cc2)cc1. The van der Waals surface area contributed by atoms with E-state index in [-0.39, 0.29) is 24.1 Å². The van der Waals surface area contributed by atoms with Crippen LogP contribution in [0.3, 0.4) is 0 Å². The standard InChI is InChI=1S/C47H44N6O6/c1-56-38-21-17-36(18-22-38)47(35-11-7-4-8-12-35,37-19-23-39(57-2)24-20-37)58-29-40-25-26-42(59-40)53-31-51-43-44(49-30-50-45(43)53)52-46(55)34-15-13-33(14-16-34)28-48-41(54)27-32-9-5-3-6-10-32/h3-24,30-31,40,42H,25-29H2,1-2H3,(H,48,54)(H,49,50,52,55)/t40-,42+/m0/s1. The number of hydrogen-bond acceptors (Lipinski definition) is 9. The van der Waals surface area contributed by atoms with E-state index in [1.165, 1.54) is 6.33 Å². The predicted octanol–water partition coefficient (Wildman–Crippen LogP) is 7.64. The topological polar surface area (TPSA) is 139 Å². The number of carbonyl (C=O) groups is 2. The second-order valence-electron chi connectivity index (χ2n) is 14.2. The number of hydrogen-bond donors (Lipinski definition) is 2. The third-order valence-corrected chi connectivity index (χ3v) is 10.6. The number of anilines is 1. The van der Waals surface area contributed by atoms with Gasteiger partial charge in [-0.2, -0.15) is 0 Å². The molecule has 1 aliphatic rings. The van der Waals surface area contributed by atoms with Gasteiger partial charge in [-0.1, -0.05) is 97.1 Å². The van der Waals surface area contributed by atoms with E-state index < -0.39 is 5.60 Å². The summed E-state index contributed by atoms with van der Waals surface area (Å²) < 4.78 is 26.6. The largest absolute Gasteiger partial charge is 0.497 e. The molecule has 2 amide bonds. The molecule has 298 valence electrons. The van der Waals surface area contributed by atoms with Crippen molar-refractivity contribution in [2.24, 2.45) is 0 Å². The van der Waals surface area contributed by atoms with Crippen LogP contribution in [0, 0.1) is 0 Å². The third kappa shape index (κ3) is 8.54. The first-order chi connectivity index (χ1) is 28.9. The maximum absolute atomic E-state index is 13.3. The number of fused-ring (bicyclic) bond motifs is 1. The lowest BCUT2D eigenvalue weighted by molar-refractivity contribution is -0.120. The van der Waals surface area contributed by atoms with Gasteiger partial charge < -0.3 is 29.6 Å². The fourth-order valence-corrected chi connectivity index (χ4v) is 7.46. The summed E-state index contributed by atoms with van der Waals surface area (Å²) in [6.07, 6.45) is 4.23. The number of aromatic nitrogens is 4. The van der Waals surface area contributed by atoms with Crippen molar-refractivity contribution in [2.45, 2.75) is 43.7 Å². The van der Waals surface area contributed by atoms with Crippen molar-refractivity contribution in [3.63, 3.8) is 0 Å². The van der Waals surface area contributed by atoms with Gasteiger partial charge >= 0.3 is 0 Å². The van der Waals surface area contributed by atoms with Crippen molar-refractivity contribution >= 4 is 28.8 Å². The van der Waals surface area contributed by atoms with Gasteiger partial charge in [-0.25, -0.2) is 15.0 Å². The van der Waals surface area contributed by atoms with Crippen LogP contribution in [-0.4, -0.2) is 58.3 Å². The molecule has 1 saturated heterocycles. The monoisotopic (exact) mass is 788 g/mol. The smallest absolute Gasteiger partial charge is 0.256 e. The molecule has 0 saturated carbocycles. The van der Waals surface area contributed by atoms with Crippen molar-refractivity contribution in [3.05, 3.63) is 179 Å². The predicted molar refractivity (Wildman–Crippen MR) is 223 cm³/mol. The maximum Gasteiger partial charge on any atom is 0.256 e. The summed E-state index contributed by atoms with van der Waals surface area (Å²) in [5, 5.41) is 5.83. The number of nitrogens with zero attached hydrogens (tertiary/aromatic N) is 4. The van der Waals surface area contributed by atoms with Crippen molar-refractivity contribution in [1.29, 1.82) is 0 Å². The Morgan fingerprint density at radius 3 is 2.00 bits per heavy atom. The second-order valence-corrected chi connectivity index (χ2v) is 14.2. The van der Waals surface area contributed by atoms with Gasteiger partial charge in [0.15, 0.2) is 17.0 Å². The van der Waals surface area contributed by atoms with Crippen molar-refractivity contribution in [3.8, 4) is 11.5 Å². The van der Waals surface area contributed by atoms with E-state index in [4.69, 9.17) is 18.9 Å². The summed E-state index contributed by atoms with van der Waals surface area (Å²) in [4.78, 5) is 39.2. The molecule has 2 N–H and O–H groups in total. The summed E-state index contributed by atoms with van der Waals surface area (Å²) in [7, 11) is 3.30. The molecule has 3 heterocycles. The summed E-state index contributed by atoms with van der Waals surface area (Å²) in [5.74, 6) is 1.37. The van der Waals surface area contributed by atoms with Crippen molar-refractivity contribution in [2.75, 3.05) is 26.1 Å². The van der Waals surface area contributed by atoms with Crippen LogP contribution in [-0.2, 0) is 32.8 Å². The average molecular weight is 789 g/mol. The highest BCUT2D eigenvalue weighted by atomic mass is 16.6. The van der Waals surface area contributed by atoms with E-state index in [0.29, 0.717) is 48.5 Å². The van der Waals surface area contributed by atoms with Crippen LogP contribution in [0.15, 0.2) is 146 Å². The maximum atomic E-state index is 13.3. The van der Waals surface area contributed by atoms with Crippen LogP contribution in [0.2, 0.25) is 0 Å². The Balaban J connectivity index is 0.951. The molecule has 7 aromatic rings. The first-order valence-corrected chi connectivity index (χ1v) is 19.5. The van der Waals surface area contributed by atoms with Gasteiger partial charge in [0.05, 0.1) is 39.7 Å². The molecule has 5 aromatic carbocycles. The lowest BCUT2D eigenvalue weighted by atomic mass is 9.80. The number of carbonyl (C=O) groups excluding carboxylic acids is 2. The molecule has 2 atom stereocenters. The van der Waals surface area contributed by atoms with Crippen LogP contribution in [0.4, 0.5) is 5.82 Å². The Morgan fingerprint density at radius 1 is 0.729 bits per heavy atom. The summed E-state index contributed by atoms with van der Waals surface area (Å²) in [6, 6.07) is 42.7. The number of amides is 2. The zero-order valence-electron chi connectivity index (χ0n) is 32.8. The molecule has 59 heavy (non-hydrogen) atoms. The molecule has 12 heteroatoms. The van der Waals surface area contributed by atoms with Gasteiger partial charge in [-0.3, -0.25) is 14.2 Å². The van der Waals surface area contributed by atoms with E-state index in [0.717, 1.165) is 45.7 Å². The minimum absolute atomic E-state index is 0.0726. The number of rotatable bonds is 15. The van der Waals surface area contributed by atoms with Gasteiger partial charge in [0.1, 0.15) is 29.7 Å². The van der Waals surface area contributed by atoms with Crippen molar-refractivity contribution < 1.29 is 28.5 Å². The Morgan fingerprint density at radius 2 is 1.36 bits per heavy atom.